The Bertz CT molecular complexity index is 850. The van der Waals surface area contributed by atoms with E-state index < -0.39 is 0 Å². The standard InChI is InChI=1S/C22H21FN2O2/c23-19-5-9-21(10-6-19)27-15-1-2-22(26)25-20-7-3-17(4-8-20)16-18-11-13-24-14-12-18/h3-14H,1-2,15-16H2,(H,25,26). The van der Waals surface area contributed by atoms with E-state index in [0.29, 0.717) is 25.2 Å². The van der Waals surface area contributed by atoms with Crippen LogP contribution in [0.1, 0.15) is 24.0 Å². The molecular weight excluding hydrogens is 343 g/mol. The van der Waals surface area contributed by atoms with Crippen molar-refractivity contribution in [1.82, 2.24) is 4.98 Å². The molecule has 0 spiro atoms. The molecule has 0 saturated heterocycles. The van der Waals surface area contributed by atoms with Crippen molar-refractivity contribution >= 4 is 11.6 Å². The minimum Gasteiger partial charge on any atom is -0.494 e. The predicted octanol–water partition coefficient (Wildman–Crippen LogP) is 4.61. The third kappa shape index (κ3) is 6.22. The predicted molar refractivity (Wildman–Crippen MR) is 103 cm³/mol. The first-order valence-electron chi connectivity index (χ1n) is 8.85. The summed E-state index contributed by atoms with van der Waals surface area (Å²) in [5, 5.41) is 2.89. The maximum Gasteiger partial charge on any atom is 0.224 e. The van der Waals surface area contributed by atoms with Gasteiger partial charge in [-0.3, -0.25) is 9.78 Å². The minimum atomic E-state index is -0.298. The number of pyridine rings is 1. The zero-order chi connectivity index (χ0) is 18.9. The zero-order valence-corrected chi connectivity index (χ0v) is 14.9. The molecule has 1 amide bonds. The number of rotatable bonds is 8. The van der Waals surface area contributed by atoms with Crippen LogP contribution in [0.4, 0.5) is 10.1 Å². The fourth-order valence-electron chi connectivity index (χ4n) is 2.62. The van der Waals surface area contributed by atoms with Gasteiger partial charge >= 0.3 is 0 Å². The molecule has 0 bridgehead atoms. The molecule has 3 aromatic rings. The number of carbonyl (C=O) groups excluding carboxylic acids is 1. The van der Waals surface area contributed by atoms with Crippen molar-refractivity contribution in [3.63, 3.8) is 0 Å². The second-order valence-electron chi connectivity index (χ2n) is 6.18. The summed E-state index contributed by atoms with van der Waals surface area (Å²) in [5.41, 5.74) is 3.15. The van der Waals surface area contributed by atoms with E-state index in [1.807, 2.05) is 36.4 Å². The molecule has 0 aliphatic heterocycles. The van der Waals surface area contributed by atoms with Crippen LogP contribution in [0.3, 0.4) is 0 Å². The zero-order valence-electron chi connectivity index (χ0n) is 14.9. The largest absolute Gasteiger partial charge is 0.494 e. The Morgan fingerprint density at radius 1 is 0.926 bits per heavy atom. The topological polar surface area (TPSA) is 51.2 Å². The van der Waals surface area contributed by atoms with E-state index in [0.717, 1.165) is 12.1 Å². The molecule has 0 unspecified atom stereocenters. The van der Waals surface area contributed by atoms with Gasteiger partial charge in [-0.1, -0.05) is 12.1 Å². The summed E-state index contributed by atoms with van der Waals surface area (Å²) in [6.45, 7) is 0.407. The number of hydrogen-bond donors (Lipinski definition) is 1. The molecule has 0 aliphatic carbocycles. The second kappa shape index (κ2) is 9.48. The minimum absolute atomic E-state index is 0.0559. The van der Waals surface area contributed by atoms with Gasteiger partial charge in [0.05, 0.1) is 6.61 Å². The van der Waals surface area contributed by atoms with Crippen molar-refractivity contribution in [2.24, 2.45) is 0 Å². The number of aromatic nitrogens is 1. The van der Waals surface area contributed by atoms with Gasteiger partial charge in [0.15, 0.2) is 0 Å². The highest BCUT2D eigenvalue weighted by Crippen LogP contribution is 2.14. The molecule has 1 heterocycles. The first kappa shape index (κ1) is 18.6. The van der Waals surface area contributed by atoms with Gasteiger partial charge in [-0.2, -0.15) is 0 Å². The van der Waals surface area contributed by atoms with Crippen LogP contribution in [0.2, 0.25) is 0 Å². The Balaban J connectivity index is 1.39. The Labute approximate surface area is 158 Å². The van der Waals surface area contributed by atoms with Crippen molar-refractivity contribution in [2.75, 3.05) is 11.9 Å². The van der Waals surface area contributed by atoms with Gasteiger partial charge < -0.3 is 10.1 Å². The van der Waals surface area contributed by atoms with Crippen LogP contribution in [0.25, 0.3) is 0 Å². The van der Waals surface area contributed by atoms with Crippen LogP contribution in [-0.2, 0) is 11.2 Å². The van der Waals surface area contributed by atoms with E-state index >= 15 is 0 Å². The molecule has 0 aliphatic rings. The van der Waals surface area contributed by atoms with Crippen molar-refractivity contribution in [2.45, 2.75) is 19.3 Å². The van der Waals surface area contributed by atoms with E-state index in [1.54, 1.807) is 24.5 Å². The first-order chi connectivity index (χ1) is 13.2. The van der Waals surface area contributed by atoms with Gasteiger partial charge in [0.2, 0.25) is 5.91 Å². The van der Waals surface area contributed by atoms with Crippen LogP contribution < -0.4 is 10.1 Å². The van der Waals surface area contributed by atoms with E-state index in [1.165, 1.54) is 23.3 Å². The van der Waals surface area contributed by atoms with Crippen LogP contribution in [0.5, 0.6) is 5.75 Å². The second-order valence-corrected chi connectivity index (χ2v) is 6.18. The highest BCUT2D eigenvalue weighted by atomic mass is 19.1. The number of hydrogen-bond acceptors (Lipinski definition) is 3. The third-order valence-electron chi connectivity index (χ3n) is 4.03. The van der Waals surface area contributed by atoms with Crippen molar-refractivity contribution in [3.8, 4) is 5.75 Å². The van der Waals surface area contributed by atoms with E-state index in [2.05, 4.69) is 10.3 Å². The summed E-state index contributed by atoms with van der Waals surface area (Å²) in [6, 6.07) is 17.6. The molecule has 0 atom stereocenters. The molecule has 1 N–H and O–H groups in total. The molecular formula is C22H21FN2O2. The highest BCUT2D eigenvalue weighted by molar-refractivity contribution is 5.90. The SMILES string of the molecule is O=C(CCCOc1ccc(F)cc1)Nc1ccc(Cc2ccncc2)cc1. The van der Waals surface area contributed by atoms with Crippen LogP contribution in [0.15, 0.2) is 73.1 Å². The summed E-state index contributed by atoms with van der Waals surface area (Å²) in [4.78, 5) is 16.0. The Morgan fingerprint density at radius 2 is 1.59 bits per heavy atom. The van der Waals surface area contributed by atoms with Crippen molar-refractivity contribution in [1.29, 1.82) is 0 Å². The maximum absolute atomic E-state index is 12.8. The number of halogens is 1. The lowest BCUT2D eigenvalue weighted by Crippen LogP contribution is -2.12. The molecule has 0 fully saturated rings. The summed E-state index contributed by atoms with van der Waals surface area (Å²) in [7, 11) is 0. The number of anilines is 1. The van der Waals surface area contributed by atoms with Gasteiger partial charge in [0.1, 0.15) is 11.6 Å². The van der Waals surface area contributed by atoms with Crippen LogP contribution in [-0.4, -0.2) is 17.5 Å². The molecule has 0 radical (unpaired) electrons. The van der Waals surface area contributed by atoms with Crippen LogP contribution >= 0.6 is 0 Å². The Kier molecular flexibility index (Phi) is 6.52. The molecule has 138 valence electrons. The van der Waals surface area contributed by atoms with Gasteiger partial charge in [0.25, 0.3) is 0 Å². The third-order valence-corrected chi connectivity index (χ3v) is 4.03. The van der Waals surface area contributed by atoms with Gasteiger partial charge in [-0.15, -0.1) is 0 Å². The van der Waals surface area contributed by atoms with Gasteiger partial charge in [0, 0.05) is 24.5 Å². The molecule has 2 aromatic carbocycles. The monoisotopic (exact) mass is 364 g/mol. The average molecular weight is 364 g/mol. The fourth-order valence-corrected chi connectivity index (χ4v) is 2.62. The van der Waals surface area contributed by atoms with Crippen LogP contribution in [0, 0.1) is 5.82 Å². The molecule has 4 nitrogen and oxygen atoms in total. The summed E-state index contributed by atoms with van der Waals surface area (Å²) in [6.07, 6.45) is 5.34. The number of benzene rings is 2. The summed E-state index contributed by atoms with van der Waals surface area (Å²) in [5.74, 6) is 0.245. The maximum atomic E-state index is 12.8. The van der Waals surface area contributed by atoms with E-state index in [9.17, 15) is 9.18 Å². The Hall–Kier alpha value is -3.21. The lowest BCUT2D eigenvalue weighted by molar-refractivity contribution is -0.116. The molecule has 1 aromatic heterocycles. The Morgan fingerprint density at radius 3 is 2.30 bits per heavy atom. The average Bonchev–Trinajstić information content (AvgIpc) is 2.69. The molecule has 0 saturated carbocycles. The fraction of sp³-hybridized carbons (Fsp3) is 0.182. The number of amides is 1. The normalized spacial score (nSPS) is 10.4. The lowest BCUT2D eigenvalue weighted by atomic mass is 10.1. The van der Waals surface area contributed by atoms with E-state index in [-0.39, 0.29) is 11.7 Å². The van der Waals surface area contributed by atoms with Gasteiger partial charge in [-0.25, -0.2) is 4.39 Å². The summed E-state index contributed by atoms with van der Waals surface area (Å²) >= 11 is 0. The number of carbonyl (C=O) groups is 1. The summed E-state index contributed by atoms with van der Waals surface area (Å²) < 4.78 is 18.3. The van der Waals surface area contributed by atoms with Gasteiger partial charge in [-0.05, 0) is 72.5 Å². The molecule has 3 rings (SSSR count). The highest BCUT2D eigenvalue weighted by Gasteiger charge is 2.04. The number of ether oxygens (including phenoxy) is 1. The first-order valence-corrected chi connectivity index (χ1v) is 8.85. The van der Waals surface area contributed by atoms with Crippen molar-refractivity contribution < 1.29 is 13.9 Å². The number of nitrogens with one attached hydrogen (secondary N) is 1. The quantitative estimate of drug-likeness (QED) is 0.594. The van der Waals surface area contributed by atoms with Crippen molar-refractivity contribution in [3.05, 3.63) is 90.0 Å². The smallest absolute Gasteiger partial charge is 0.224 e. The molecule has 5 heteroatoms. The lowest BCUT2D eigenvalue weighted by Gasteiger charge is -2.08. The van der Waals surface area contributed by atoms with E-state index in [4.69, 9.17) is 4.74 Å². The number of nitrogens with zero attached hydrogens (tertiary/aromatic N) is 1. The molecule has 27 heavy (non-hydrogen) atoms.